The number of para-hydroxylation sites is 4. The van der Waals surface area contributed by atoms with E-state index < -0.39 is 0 Å². The van der Waals surface area contributed by atoms with E-state index in [2.05, 4.69) is 9.98 Å². The van der Waals surface area contributed by atoms with E-state index in [1.54, 1.807) is 48.8 Å². The number of aromatic hydroxyl groups is 2. The van der Waals surface area contributed by atoms with Crippen LogP contribution in [0.5, 0.6) is 11.5 Å². The van der Waals surface area contributed by atoms with Crippen molar-refractivity contribution in [3.8, 4) is 11.5 Å². The summed E-state index contributed by atoms with van der Waals surface area (Å²) in [6.07, 6.45) is 3.20. The molecule has 129 valence electrons. The van der Waals surface area contributed by atoms with Gasteiger partial charge in [-0.3, -0.25) is 9.98 Å². The Balaban J connectivity index is 0.00000225. The molecular weight excluding hydrogens is 367 g/mol. The van der Waals surface area contributed by atoms with Gasteiger partial charge in [0.05, 0.1) is 11.4 Å². The average Bonchev–Trinajstić information content (AvgIpc) is 2.61. The van der Waals surface area contributed by atoms with Crippen molar-refractivity contribution in [2.45, 2.75) is 0 Å². The number of aliphatic imine (C=N–C) groups is 2. The Hall–Kier alpha value is -2.88. The minimum atomic E-state index is 0. The van der Waals surface area contributed by atoms with E-state index in [0.29, 0.717) is 22.5 Å². The molecule has 0 bridgehead atoms. The van der Waals surface area contributed by atoms with Gasteiger partial charge in [-0.05, 0) is 36.4 Å². The largest absolute Gasteiger partial charge is 0.507 e. The van der Waals surface area contributed by atoms with E-state index in [0.717, 1.165) is 0 Å². The van der Waals surface area contributed by atoms with Crippen molar-refractivity contribution < 1.29 is 27.3 Å². The zero-order chi connectivity index (χ0) is 16.8. The Morgan fingerprint density at radius 3 is 1.32 bits per heavy atom. The molecule has 4 nitrogen and oxygen atoms in total. The van der Waals surface area contributed by atoms with Crippen LogP contribution in [-0.2, 0) is 17.1 Å². The van der Waals surface area contributed by atoms with Crippen LogP contribution in [0.4, 0.5) is 11.4 Å². The van der Waals surface area contributed by atoms with Crippen molar-refractivity contribution in [1.29, 1.82) is 0 Å². The fraction of sp³-hybridized carbons (Fsp3) is 0. The molecule has 0 aromatic heterocycles. The Labute approximate surface area is 156 Å². The Morgan fingerprint density at radius 1 is 0.560 bits per heavy atom. The molecule has 0 fully saturated rings. The van der Waals surface area contributed by atoms with Crippen LogP contribution in [0, 0.1) is 0 Å². The zero-order valence-electron chi connectivity index (χ0n) is 13.2. The first kappa shape index (κ1) is 18.5. The maximum atomic E-state index is 9.79. The van der Waals surface area contributed by atoms with Crippen molar-refractivity contribution in [2.75, 3.05) is 0 Å². The molecule has 1 radical (unpaired) electrons. The molecule has 0 spiro atoms. The number of hydrogen-bond donors (Lipinski definition) is 2. The van der Waals surface area contributed by atoms with E-state index >= 15 is 0 Å². The van der Waals surface area contributed by atoms with Crippen molar-refractivity contribution in [2.24, 2.45) is 9.98 Å². The quantitative estimate of drug-likeness (QED) is 0.511. The smallest absolute Gasteiger partial charge is 0.124 e. The van der Waals surface area contributed by atoms with Gasteiger partial charge in [-0.2, -0.15) is 0 Å². The van der Waals surface area contributed by atoms with E-state index in [-0.39, 0.29) is 28.6 Å². The standard InChI is InChI=1S/C20H16N2O2.Cu/c23-19-11-5-1-7-15(19)13-21-17-9-3-4-10-18(17)22-14-16-8-2-6-12-20(16)24;/h1-14,23-24H;/i;1+3. The van der Waals surface area contributed by atoms with Crippen LogP contribution in [0.2, 0.25) is 0 Å². The summed E-state index contributed by atoms with van der Waals surface area (Å²) in [4.78, 5) is 8.82. The van der Waals surface area contributed by atoms with Crippen LogP contribution in [0.1, 0.15) is 11.1 Å². The van der Waals surface area contributed by atoms with Gasteiger partial charge in [-0.1, -0.05) is 36.4 Å². The molecule has 0 atom stereocenters. The van der Waals surface area contributed by atoms with E-state index in [1.165, 1.54) is 0 Å². The molecule has 3 rings (SSSR count). The van der Waals surface area contributed by atoms with Crippen molar-refractivity contribution >= 4 is 23.8 Å². The van der Waals surface area contributed by atoms with Crippen LogP contribution in [0.15, 0.2) is 82.8 Å². The fourth-order valence-electron chi connectivity index (χ4n) is 2.15. The van der Waals surface area contributed by atoms with Crippen LogP contribution in [-0.4, -0.2) is 22.6 Å². The molecule has 5 heteroatoms. The summed E-state index contributed by atoms with van der Waals surface area (Å²) in [6, 6.07) is 21.4. The molecule has 0 saturated heterocycles. The molecule has 3 aromatic rings. The minimum absolute atomic E-state index is 0. The first-order valence-corrected chi connectivity index (χ1v) is 7.47. The predicted molar refractivity (Wildman–Crippen MR) is 97.2 cm³/mol. The first-order chi connectivity index (χ1) is 11.7. The Morgan fingerprint density at radius 2 is 0.920 bits per heavy atom. The number of nitrogens with zero attached hydrogens (tertiary/aromatic N) is 2. The number of rotatable bonds is 4. The van der Waals surface area contributed by atoms with Gasteiger partial charge >= 0.3 is 0 Å². The Bertz CT molecular complexity index is 833. The van der Waals surface area contributed by atoms with E-state index in [4.69, 9.17) is 0 Å². The number of benzene rings is 3. The normalized spacial score (nSPS) is 10.9. The summed E-state index contributed by atoms with van der Waals surface area (Å²) >= 11 is 0. The summed E-state index contributed by atoms with van der Waals surface area (Å²) in [7, 11) is 0. The van der Waals surface area contributed by atoms with Gasteiger partial charge in [-0.15, -0.1) is 0 Å². The Kier molecular flexibility index (Phi) is 6.52. The van der Waals surface area contributed by atoms with Gasteiger partial charge in [0, 0.05) is 40.6 Å². The summed E-state index contributed by atoms with van der Waals surface area (Å²) in [6.45, 7) is 0. The SMILES string of the molecule is Oc1ccccc1C=Nc1ccccc1N=Cc1ccccc1O.[67Cu]. The van der Waals surface area contributed by atoms with Crippen LogP contribution >= 0.6 is 0 Å². The van der Waals surface area contributed by atoms with Gasteiger partial charge in [0.1, 0.15) is 11.5 Å². The molecule has 2 N–H and O–H groups in total. The molecule has 0 aliphatic heterocycles. The van der Waals surface area contributed by atoms with E-state index in [9.17, 15) is 10.2 Å². The summed E-state index contributed by atoms with van der Waals surface area (Å²) in [5.41, 5.74) is 2.62. The maximum Gasteiger partial charge on any atom is 0.124 e. The van der Waals surface area contributed by atoms with E-state index in [1.807, 2.05) is 36.4 Å². The second-order valence-corrected chi connectivity index (χ2v) is 5.12. The third-order valence-electron chi connectivity index (χ3n) is 3.44. The van der Waals surface area contributed by atoms with Crippen LogP contribution < -0.4 is 0 Å². The molecule has 3 aromatic carbocycles. The van der Waals surface area contributed by atoms with Gasteiger partial charge in [0.25, 0.3) is 0 Å². The number of hydrogen-bond acceptors (Lipinski definition) is 4. The molecule has 0 heterocycles. The van der Waals surface area contributed by atoms with Gasteiger partial charge in [0.15, 0.2) is 0 Å². The monoisotopic (exact) mass is 383 g/mol. The third-order valence-corrected chi connectivity index (χ3v) is 3.44. The second kappa shape index (κ2) is 8.83. The number of phenols is 2. The van der Waals surface area contributed by atoms with Crippen molar-refractivity contribution in [3.63, 3.8) is 0 Å². The average molecular weight is 383 g/mol. The van der Waals surface area contributed by atoms with Gasteiger partial charge in [-0.25, -0.2) is 0 Å². The molecular formula is C20H16CuN2O2. The first-order valence-electron chi connectivity index (χ1n) is 7.47. The van der Waals surface area contributed by atoms with Crippen molar-refractivity contribution in [3.05, 3.63) is 83.9 Å². The molecule has 25 heavy (non-hydrogen) atoms. The minimum Gasteiger partial charge on any atom is -0.507 e. The zero-order valence-corrected chi connectivity index (χ0v) is 14.1. The number of phenolic OH excluding ortho intramolecular Hbond substituents is 2. The summed E-state index contributed by atoms with van der Waals surface area (Å²) in [5.74, 6) is 0.355. The second-order valence-electron chi connectivity index (χ2n) is 5.12. The van der Waals surface area contributed by atoms with Crippen molar-refractivity contribution in [1.82, 2.24) is 0 Å². The third kappa shape index (κ3) is 4.80. The summed E-state index contributed by atoms with van der Waals surface area (Å²) in [5, 5.41) is 19.6. The molecule has 0 unspecified atom stereocenters. The molecule has 0 aliphatic carbocycles. The van der Waals surface area contributed by atoms with Crippen LogP contribution in [0.3, 0.4) is 0 Å². The fourth-order valence-corrected chi connectivity index (χ4v) is 2.15. The maximum absolute atomic E-state index is 9.79. The van der Waals surface area contributed by atoms with Gasteiger partial charge in [0.2, 0.25) is 0 Å². The topological polar surface area (TPSA) is 65.2 Å². The van der Waals surface area contributed by atoms with Gasteiger partial charge < -0.3 is 10.2 Å². The van der Waals surface area contributed by atoms with Crippen LogP contribution in [0.25, 0.3) is 0 Å². The molecule has 0 amide bonds. The summed E-state index contributed by atoms with van der Waals surface area (Å²) < 4.78 is 0. The molecule has 0 aliphatic rings. The molecule has 0 saturated carbocycles. The predicted octanol–water partition coefficient (Wildman–Crippen LogP) is 4.60.